The van der Waals surface area contributed by atoms with Crippen molar-refractivity contribution in [3.8, 4) is 39.6 Å². The van der Waals surface area contributed by atoms with Gasteiger partial charge in [-0.05, 0) is 40.9 Å². The van der Waals surface area contributed by atoms with E-state index in [0.717, 1.165) is 32.8 Å². The Balaban J connectivity index is 1.78. The minimum atomic E-state index is 0.197. The van der Waals surface area contributed by atoms with Crippen molar-refractivity contribution < 1.29 is 18.9 Å². The number of fused-ring (bicyclic) bond motifs is 1. The van der Waals surface area contributed by atoms with Crippen LogP contribution in [0.4, 0.5) is 0 Å². The Hall–Kier alpha value is -2.22. The maximum absolute atomic E-state index is 5.53. The molecule has 134 valence electrons. The smallest absolute Gasteiger partial charge is 0.231 e. The quantitative estimate of drug-likeness (QED) is 0.646. The van der Waals surface area contributed by atoms with E-state index >= 15 is 0 Å². The van der Waals surface area contributed by atoms with E-state index in [0.29, 0.717) is 23.9 Å². The molecular weight excluding hydrogens is 370 g/mol. The van der Waals surface area contributed by atoms with Crippen LogP contribution in [0.5, 0.6) is 17.2 Å². The molecule has 26 heavy (non-hydrogen) atoms. The van der Waals surface area contributed by atoms with Gasteiger partial charge in [-0.2, -0.15) is 4.37 Å². The average molecular weight is 387 g/mol. The molecule has 3 aromatic rings. The first-order chi connectivity index (χ1) is 12.7. The molecule has 2 aromatic carbocycles. The second-order valence-electron chi connectivity index (χ2n) is 5.77. The number of rotatable bonds is 5. The van der Waals surface area contributed by atoms with E-state index in [2.05, 4.69) is 23.1 Å². The van der Waals surface area contributed by atoms with E-state index < -0.39 is 0 Å². The van der Waals surface area contributed by atoms with E-state index in [-0.39, 0.29) is 6.79 Å². The van der Waals surface area contributed by atoms with Crippen LogP contribution < -0.4 is 14.2 Å². The zero-order valence-corrected chi connectivity index (χ0v) is 16.0. The molecule has 0 atom stereocenters. The van der Waals surface area contributed by atoms with Crippen LogP contribution in [-0.4, -0.2) is 25.4 Å². The Morgan fingerprint density at radius 1 is 1.15 bits per heavy atom. The Bertz CT molecular complexity index is 955. The van der Waals surface area contributed by atoms with Gasteiger partial charge in [-0.25, -0.2) is 0 Å². The van der Waals surface area contributed by atoms with Gasteiger partial charge < -0.3 is 18.9 Å². The fraction of sp³-hybridized carbons (Fsp3) is 0.211. The summed E-state index contributed by atoms with van der Waals surface area (Å²) in [7, 11) is 3.29. The molecule has 0 aliphatic carbocycles. The van der Waals surface area contributed by atoms with Crippen LogP contribution in [-0.2, 0) is 11.3 Å². The van der Waals surface area contributed by atoms with Gasteiger partial charge in [0, 0.05) is 28.5 Å². The summed E-state index contributed by atoms with van der Waals surface area (Å²) in [5.41, 5.74) is 4.93. The summed E-state index contributed by atoms with van der Waals surface area (Å²) in [6.45, 7) is 0.732. The van der Waals surface area contributed by atoms with E-state index in [1.165, 1.54) is 11.5 Å². The number of aromatic nitrogens is 1. The highest BCUT2D eigenvalue weighted by atomic mass is 32.1. The average Bonchev–Trinajstić information content (AvgIpc) is 3.31. The molecule has 0 N–H and O–H groups in total. The molecule has 2 heterocycles. The first kappa shape index (κ1) is 17.2. The molecule has 4 rings (SSSR count). The van der Waals surface area contributed by atoms with Crippen molar-refractivity contribution >= 4 is 24.2 Å². The number of ether oxygens (including phenoxy) is 4. The lowest BCUT2D eigenvalue weighted by Crippen LogP contribution is -1.93. The summed E-state index contributed by atoms with van der Waals surface area (Å²) in [6.07, 6.45) is 0. The van der Waals surface area contributed by atoms with Gasteiger partial charge in [0.25, 0.3) is 0 Å². The van der Waals surface area contributed by atoms with Gasteiger partial charge in [0.2, 0.25) is 12.5 Å². The molecule has 1 aliphatic heterocycles. The van der Waals surface area contributed by atoms with Crippen molar-refractivity contribution in [1.82, 2.24) is 4.37 Å². The van der Waals surface area contributed by atoms with Gasteiger partial charge in [-0.1, -0.05) is 12.1 Å². The Morgan fingerprint density at radius 2 is 2.04 bits per heavy atom. The third-order valence-corrected chi connectivity index (χ3v) is 5.24. The van der Waals surface area contributed by atoms with Crippen LogP contribution in [0.25, 0.3) is 22.4 Å². The summed E-state index contributed by atoms with van der Waals surface area (Å²) in [4.78, 5) is 0.893. The number of hydrogen-bond donors (Lipinski definition) is 1. The number of thiol groups is 1. The third kappa shape index (κ3) is 3.02. The predicted octanol–water partition coefficient (Wildman–Crippen LogP) is 4.65. The predicted molar refractivity (Wildman–Crippen MR) is 104 cm³/mol. The lowest BCUT2D eigenvalue weighted by molar-refractivity contribution is 0.171. The van der Waals surface area contributed by atoms with E-state index in [1.807, 2.05) is 29.6 Å². The van der Waals surface area contributed by atoms with Gasteiger partial charge in [0.15, 0.2) is 11.5 Å². The van der Waals surface area contributed by atoms with Crippen molar-refractivity contribution in [2.24, 2.45) is 0 Å². The number of methoxy groups -OCH3 is 2. The summed E-state index contributed by atoms with van der Waals surface area (Å²) in [5, 5.41) is 2.03. The fourth-order valence-corrected chi connectivity index (χ4v) is 3.92. The molecule has 0 unspecified atom stereocenters. The molecule has 1 aromatic heterocycles. The van der Waals surface area contributed by atoms with E-state index in [9.17, 15) is 0 Å². The molecular formula is C19H17NO4S2. The van der Waals surface area contributed by atoms with Crippen molar-refractivity contribution in [3.05, 3.63) is 41.3 Å². The van der Waals surface area contributed by atoms with Crippen molar-refractivity contribution in [2.45, 2.75) is 11.5 Å². The minimum Gasteiger partial charge on any atom is -0.493 e. The van der Waals surface area contributed by atoms with Crippen LogP contribution in [0.2, 0.25) is 0 Å². The second kappa shape index (κ2) is 7.19. The monoisotopic (exact) mass is 387 g/mol. The largest absolute Gasteiger partial charge is 0.493 e. The first-order valence-corrected chi connectivity index (χ1v) is 9.23. The van der Waals surface area contributed by atoms with Gasteiger partial charge in [0.05, 0.1) is 19.4 Å². The summed E-state index contributed by atoms with van der Waals surface area (Å²) in [6, 6.07) is 9.99. The van der Waals surface area contributed by atoms with Crippen molar-refractivity contribution in [1.29, 1.82) is 0 Å². The molecule has 0 radical (unpaired) electrons. The van der Waals surface area contributed by atoms with Gasteiger partial charge in [-0.3, -0.25) is 0 Å². The lowest BCUT2D eigenvalue weighted by atomic mass is 10.0. The molecule has 1 aliphatic rings. The summed E-state index contributed by atoms with van der Waals surface area (Å²) in [5.74, 6) is 1.94. The molecule has 7 heteroatoms. The molecule has 5 nitrogen and oxygen atoms in total. The first-order valence-electron chi connectivity index (χ1n) is 7.95. The van der Waals surface area contributed by atoms with Gasteiger partial charge in [0.1, 0.15) is 0 Å². The van der Waals surface area contributed by atoms with Crippen molar-refractivity contribution in [3.63, 3.8) is 0 Å². The zero-order chi connectivity index (χ0) is 18.1. The number of benzene rings is 2. The Kier molecular flexibility index (Phi) is 4.76. The Morgan fingerprint density at radius 3 is 2.81 bits per heavy atom. The minimum absolute atomic E-state index is 0.197. The lowest BCUT2D eigenvalue weighted by Gasteiger charge is -2.10. The highest BCUT2D eigenvalue weighted by molar-refractivity contribution is 7.80. The molecule has 0 fully saturated rings. The van der Waals surface area contributed by atoms with Crippen LogP contribution >= 0.6 is 24.2 Å². The molecule has 0 bridgehead atoms. The van der Waals surface area contributed by atoms with Crippen LogP contribution in [0.1, 0.15) is 5.56 Å². The molecule has 0 spiro atoms. The number of nitrogens with zero attached hydrogens (tertiary/aromatic N) is 1. The van der Waals surface area contributed by atoms with E-state index in [4.69, 9.17) is 18.9 Å². The van der Waals surface area contributed by atoms with Gasteiger partial charge >= 0.3 is 0 Å². The van der Waals surface area contributed by atoms with Gasteiger partial charge in [-0.15, -0.1) is 12.6 Å². The zero-order valence-electron chi connectivity index (χ0n) is 14.3. The molecule has 0 saturated heterocycles. The SMILES string of the molecule is COCc1ccc(-c2csnc2-c2cc(OC)c3c(c2)OCO3)cc1S. The Labute approximate surface area is 161 Å². The second-order valence-corrected chi connectivity index (χ2v) is 6.88. The molecule has 0 saturated carbocycles. The third-order valence-electron chi connectivity index (χ3n) is 4.20. The van der Waals surface area contributed by atoms with Crippen molar-refractivity contribution in [2.75, 3.05) is 21.0 Å². The standard InChI is InChI=1S/C19H17NO4S2/c1-21-8-12-4-3-11(7-17(12)25)14-9-26-20-18(14)13-5-15(22-2)19-16(6-13)23-10-24-19/h3-7,9,25H,8,10H2,1-2H3. The fourth-order valence-electron chi connectivity index (χ4n) is 2.93. The summed E-state index contributed by atoms with van der Waals surface area (Å²) < 4.78 is 26.2. The molecule has 0 amide bonds. The van der Waals surface area contributed by atoms with E-state index in [1.54, 1.807) is 14.2 Å². The summed E-state index contributed by atoms with van der Waals surface area (Å²) >= 11 is 6.00. The van der Waals surface area contributed by atoms with Crippen LogP contribution in [0.3, 0.4) is 0 Å². The maximum atomic E-state index is 5.53. The van der Waals surface area contributed by atoms with Crippen LogP contribution in [0, 0.1) is 0 Å². The van der Waals surface area contributed by atoms with Crippen LogP contribution in [0.15, 0.2) is 40.6 Å². The highest BCUT2D eigenvalue weighted by Crippen LogP contribution is 2.45. The topological polar surface area (TPSA) is 49.8 Å². The maximum Gasteiger partial charge on any atom is 0.231 e. The highest BCUT2D eigenvalue weighted by Gasteiger charge is 2.22. The normalized spacial score (nSPS) is 12.4. The number of hydrogen-bond acceptors (Lipinski definition) is 7.